The fraction of sp³-hybridized carbons (Fsp3) is 0.583. The van der Waals surface area contributed by atoms with Crippen molar-refractivity contribution in [1.82, 2.24) is 15.3 Å². The van der Waals surface area contributed by atoms with Crippen LogP contribution in [0.1, 0.15) is 25.5 Å². The summed E-state index contributed by atoms with van der Waals surface area (Å²) in [6, 6.07) is 1.17. The molecule has 0 aliphatic carbocycles. The molecular formula is C12H20N4O2S. The van der Waals surface area contributed by atoms with Crippen LogP contribution in [0.2, 0.25) is 0 Å². The minimum atomic E-state index is -0.371. The van der Waals surface area contributed by atoms with Crippen molar-refractivity contribution >= 4 is 17.7 Å². The van der Waals surface area contributed by atoms with Crippen LogP contribution in [0.5, 0.6) is 0 Å². The maximum absolute atomic E-state index is 11.5. The summed E-state index contributed by atoms with van der Waals surface area (Å²) in [5.74, 6) is 0.289. The van der Waals surface area contributed by atoms with E-state index in [1.54, 1.807) is 7.05 Å². The van der Waals surface area contributed by atoms with Gasteiger partial charge in [0.15, 0.2) is 5.16 Å². The second-order valence-corrected chi connectivity index (χ2v) is 5.26. The summed E-state index contributed by atoms with van der Waals surface area (Å²) in [5.41, 5.74) is 5.89. The number of carbonyl (C=O) groups is 1. The Bertz CT molecular complexity index is 475. The number of H-pyrrole nitrogens is 1. The summed E-state index contributed by atoms with van der Waals surface area (Å²) >= 11 is 1.42. The number of primary amides is 1. The number of aromatic amines is 1. The van der Waals surface area contributed by atoms with Crippen molar-refractivity contribution in [3.8, 4) is 0 Å². The normalized spacial score (nSPS) is 12.3. The predicted octanol–water partition coefficient (Wildman–Crippen LogP) is 0.278. The highest BCUT2D eigenvalue weighted by Crippen LogP contribution is 2.14. The van der Waals surface area contributed by atoms with Gasteiger partial charge in [0.2, 0.25) is 5.91 Å². The Kier molecular flexibility index (Phi) is 6.58. The van der Waals surface area contributed by atoms with E-state index >= 15 is 0 Å². The number of amides is 1. The number of nitrogens with zero attached hydrogens (tertiary/aromatic N) is 1. The van der Waals surface area contributed by atoms with Gasteiger partial charge in [-0.25, -0.2) is 4.98 Å². The molecule has 1 unspecified atom stereocenters. The quantitative estimate of drug-likeness (QED) is 0.470. The van der Waals surface area contributed by atoms with Crippen molar-refractivity contribution in [2.45, 2.75) is 37.4 Å². The van der Waals surface area contributed by atoms with E-state index in [4.69, 9.17) is 5.73 Å². The average molecular weight is 284 g/mol. The van der Waals surface area contributed by atoms with Crippen LogP contribution in [0.4, 0.5) is 0 Å². The number of nitrogens with two attached hydrogens (primary N) is 1. The average Bonchev–Trinajstić information content (AvgIpc) is 2.34. The molecule has 0 spiro atoms. The highest BCUT2D eigenvalue weighted by atomic mass is 32.2. The molecule has 0 fully saturated rings. The van der Waals surface area contributed by atoms with Crippen LogP contribution in [-0.4, -0.2) is 34.7 Å². The summed E-state index contributed by atoms with van der Waals surface area (Å²) in [5, 5.41) is 3.44. The topological polar surface area (TPSA) is 101 Å². The van der Waals surface area contributed by atoms with Crippen LogP contribution in [0.25, 0.3) is 0 Å². The van der Waals surface area contributed by atoms with Gasteiger partial charge in [-0.05, 0) is 19.9 Å². The second-order valence-electron chi connectivity index (χ2n) is 4.17. The van der Waals surface area contributed by atoms with Gasteiger partial charge in [0.25, 0.3) is 5.56 Å². The molecule has 1 aromatic heterocycles. The Balaban J connectivity index is 2.57. The summed E-state index contributed by atoms with van der Waals surface area (Å²) in [6.45, 7) is 2.04. The lowest BCUT2D eigenvalue weighted by molar-refractivity contribution is -0.119. The summed E-state index contributed by atoms with van der Waals surface area (Å²) in [7, 11) is 1.70. The fourth-order valence-electron chi connectivity index (χ4n) is 1.64. The molecule has 0 bridgehead atoms. The first-order valence-corrected chi connectivity index (χ1v) is 7.25. The van der Waals surface area contributed by atoms with Crippen molar-refractivity contribution in [3.63, 3.8) is 0 Å². The van der Waals surface area contributed by atoms with Gasteiger partial charge >= 0.3 is 0 Å². The van der Waals surface area contributed by atoms with E-state index in [0.717, 1.165) is 18.5 Å². The maximum atomic E-state index is 11.5. The van der Waals surface area contributed by atoms with Crippen LogP contribution in [0.3, 0.4) is 0 Å². The third kappa shape index (κ3) is 5.44. The predicted molar refractivity (Wildman–Crippen MR) is 76.2 cm³/mol. The van der Waals surface area contributed by atoms with E-state index in [2.05, 4.69) is 15.3 Å². The summed E-state index contributed by atoms with van der Waals surface area (Å²) in [4.78, 5) is 29.5. The number of hydrogen-bond donors (Lipinski definition) is 3. The van der Waals surface area contributed by atoms with Crippen molar-refractivity contribution in [3.05, 3.63) is 22.1 Å². The molecule has 1 rings (SSSR count). The first kappa shape index (κ1) is 15.7. The van der Waals surface area contributed by atoms with Crippen LogP contribution in [0.15, 0.2) is 16.0 Å². The molecule has 1 amide bonds. The number of aryl methyl sites for hydroxylation is 1. The number of nitrogens with one attached hydrogen (secondary N) is 2. The van der Waals surface area contributed by atoms with Gasteiger partial charge < -0.3 is 16.0 Å². The molecule has 106 valence electrons. The Morgan fingerprint density at radius 3 is 2.95 bits per heavy atom. The van der Waals surface area contributed by atoms with Crippen molar-refractivity contribution in [2.24, 2.45) is 5.73 Å². The third-order valence-electron chi connectivity index (χ3n) is 2.62. The molecule has 4 N–H and O–H groups in total. The lowest BCUT2D eigenvalue weighted by atomic mass is 10.2. The lowest BCUT2D eigenvalue weighted by Gasteiger charge is -2.11. The standard InChI is InChI=1S/C12H20N4O2S/c1-3-4-8-7-10(17)16-12(15-8)19-6-5-9(14-2)11(13)18/h7,9,14H,3-6H2,1-2H3,(H2,13,18)(H,15,16,17). The Morgan fingerprint density at radius 2 is 2.37 bits per heavy atom. The lowest BCUT2D eigenvalue weighted by Crippen LogP contribution is -2.39. The number of rotatable bonds is 8. The molecule has 0 aliphatic rings. The van der Waals surface area contributed by atoms with E-state index in [1.165, 1.54) is 17.8 Å². The van der Waals surface area contributed by atoms with E-state index in [9.17, 15) is 9.59 Å². The smallest absolute Gasteiger partial charge is 0.251 e. The molecule has 1 aromatic rings. The number of thioether (sulfide) groups is 1. The SMILES string of the molecule is CCCc1cc(=O)[nH]c(SCCC(NC)C(N)=O)n1. The number of carbonyl (C=O) groups excluding carboxylic acids is 1. The van der Waals surface area contributed by atoms with Crippen molar-refractivity contribution < 1.29 is 4.79 Å². The molecule has 0 saturated carbocycles. The van der Waals surface area contributed by atoms with Crippen molar-refractivity contribution in [2.75, 3.05) is 12.8 Å². The second kappa shape index (κ2) is 7.96. The highest BCUT2D eigenvalue weighted by Gasteiger charge is 2.12. The largest absolute Gasteiger partial charge is 0.368 e. The summed E-state index contributed by atoms with van der Waals surface area (Å²) in [6.07, 6.45) is 2.33. The van der Waals surface area contributed by atoms with Gasteiger partial charge in [0, 0.05) is 17.5 Å². The van der Waals surface area contributed by atoms with E-state index in [1.807, 2.05) is 6.92 Å². The molecule has 1 atom stereocenters. The summed E-state index contributed by atoms with van der Waals surface area (Å²) < 4.78 is 0. The molecule has 0 radical (unpaired) electrons. The maximum Gasteiger partial charge on any atom is 0.251 e. The van der Waals surface area contributed by atoms with Crippen LogP contribution >= 0.6 is 11.8 Å². The molecule has 0 saturated heterocycles. The minimum absolute atomic E-state index is 0.138. The third-order valence-corrected chi connectivity index (χ3v) is 3.52. The van der Waals surface area contributed by atoms with Gasteiger partial charge in [-0.2, -0.15) is 0 Å². The fourth-order valence-corrected chi connectivity index (χ4v) is 2.54. The number of hydrogen-bond acceptors (Lipinski definition) is 5. The van der Waals surface area contributed by atoms with Crippen LogP contribution in [-0.2, 0) is 11.2 Å². The van der Waals surface area contributed by atoms with Crippen molar-refractivity contribution in [1.29, 1.82) is 0 Å². The monoisotopic (exact) mass is 284 g/mol. The zero-order valence-corrected chi connectivity index (χ0v) is 12.0. The minimum Gasteiger partial charge on any atom is -0.368 e. The Labute approximate surface area is 116 Å². The van der Waals surface area contributed by atoms with Gasteiger partial charge in [-0.15, -0.1) is 0 Å². The van der Waals surface area contributed by atoms with Crippen LogP contribution in [0, 0.1) is 0 Å². The Hall–Kier alpha value is -1.34. The molecule has 1 heterocycles. The molecule has 6 nitrogen and oxygen atoms in total. The first-order chi connectivity index (χ1) is 9.06. The highest BCUT2D eigenvalue weighted by molar-refractivity contribution is 7.99. The molecule has 0 aromatic carbocycles. The molecule has 0 aliphatic heterocycles. The van der Waals surface area contributed by atoms with Gasteiger partial charge in [0.1, 0.15) is 0 Å². The number of likely N-dealkylation sites (N-methyl/N-ethyl adjacent to an activating group) is 1. The zero-order chi connectivity index (χ0) is 14.3. The number of aromatic nitrogens is 2. The zero-order valence-electron chi connectivity index (χ0n) is 11.2. The Morgan fingerprint density at radius 1 is 1.63 bits per heavy atom. The van der Waals surface area contributed by atoms with E-state index in [0.29, 0.717) is 17.3 Å². The first-order valence-electron chi connectivity index (χ1n) is 6.26. The van der Waals surface area contributed by atoms with Gasteiger partial charge in [-0.3, -0.25) is 9.59 Å². The van der Waals surface area contributed by atoms with E-state index < -0.39 is 0 Å². The van der Waals surface area contributed by atoms with Gasteiger partial charge in [-0.1, -0.05) is 25.1 Å². The van der Waals surface area contributed by atoms with Crippen LogP contribution < -0.4 is 16.6 Å². The van der Waals surface area contributed by atoms with Gasteiger partial charge in [0.05, 0.1) is 6.04 Å². The molecular weight excluding hydrogens is 264 g/mol. The van der Waals surface area contributed by atoms with E-state index in [-0.39, 0.29) is 17.5 Å². The molecule has 19 heavy (non-hydrogen) atoms. The molecule has 7 heteroatoms.